The van der Waals surface area contributed by atoms with Gasteiger partial charge >= 0.3 is 6.09 Å². The summed E-state index contributed by atoms with van der Waals surface area (Å²) in [5.74, 6) is 1.37. The van der Waals surface area contributed by atoms with Crippen molar-refractivity contribution < 1.29 is 19.0 Å². The van der Waals surface area contributed by atoms with E-state index in [1.54, 1.807) is 11.8 Å². The van der Waals surface area contributed by atoms with Gasteiger partial charge in [0.1, 0.15) is 29.8 Å². The minimum Gasteiger partial charge on any atom is -0.484 e. The van der Waals surface area contributed by atoms with Crippen LogP contribution < -0.4 is 9.64 Å². The fraction of sp³-hybridized carbons (Fsp3) is 0.333. The number of methoxy groups -OCH3 is 2. The van der Waals surface area contributed by atoms with Crippen LogP contribution in [0.4, 0.5) is 16.2 Å². The van der Waals surface area contributed by atoms with E-state index in [2.05, 4.69) is 6.92 Å². The second-order valence-corrected chi connectivity index (χ2v) is 7.75. The molecule has 3 rings (SSSR count). The Hall–Kier alpha value is -2.22. The van der Waals surface area contributed by atoms with Crippen LogP contribution in [-0.4, -0.2) is 38.7 Å². The van der Waals surface area contributed by atoms with Crippen molar-refractivity contribution in [3.63, 3.8) is 0 Å². The average molecular weight is 435 g/mol. The minimum atomic E-state index is -0.474. The third-order valence-corrected chi connectivity index (χ3v) is 5.78. The third-order valence-electron chi connectivity index (χ3n) is 4.44. The number of anilines is 1. The van der Waals surface area contributed by atoms with E-state index in [0.717, 1.165) is 39.7 Å². The molecule has 6 nitrogen and oxygen atoms in total. The lowest BCUT2D eigenvalue weighted by Crippen LogP contribution is -2.33. The summed E-state index contributed by atoms with van der Waals surface area (Å²) in [7, 11) is 2.89. The number of halogens is 1. The summed E-state index contributed by atoms with van der Waals surface area (Å²) in [6, 6.07) is 11.4. The number of amides is 1. The van der Waals surface area contributed by atoms with Gasteiger partial charge in [0.15, 0.2) is 0 Å². The van der Waals surface area contributed by atoms with Gasteiger partial charge < -0.3 is 14.2 Å². The molecule has 0 aliphatic carbocycles. The van der Waals surface area contributed by atoms with Crippen LogP contribution in [0.2, 0.25) is 5.02 Å². The Morgan fingerprint density at radius 3 is 2.79 bits per heavy atom. The van der Waals surface area contributed by atoms with Gasteiger partial charge in [-0.1, -0.05) is 36.7 Å². The second-order valence-electron chi connectivity index (χ2n) is 6.29. The van der Waals surface area contributed by atoms with E-state index < -0.39 is 6.09 Å². The molecule has 1 aliphatic rings. The number of rotatable bonds is 6. The molecule has 0 aromatic heterocycles. The standard InChI is InChI=1S/C21H23ClN2O4S/c1-4-14-9-19-17(10-16(14)22)23-20(11-28-19)29-12-15-7-5-6-8-18(15)24(13-26-2)21(25)27-3/h5-10H,4,11-13H2,1-3H3. The van der Waals surface area contributed by atoms with Crippen LogP contribution in [0.15, 0.2) is 41.4 Å². The molecule has 2 aromatic rings. The average Bonchev–Trinajstić information content (AvgIpc) is 2.75. The summed E-state index contributed by atoms with van der Waals surface area (Å²) in [4.78, 5) is 18.3. The van der Waals surface area contributed by atoms with Crippen molar-refractivity contribution in [1.82, 2.24) is 0 Å². The molecule has 0 radical (unpaired) electrons. The number of carbonyl (C=O) groups excluding carboxylic acids is 1. The number of hydrogen-bond acceptors (Lipinski definition) is 6. The predicted molar refractivity (Wildman–Crippen MR) is 118 cm³/mol. The number of ether oxygens (including phenoxy) is 3. The molecule has 8 heteroatoms. The normalized spacial score (nSPS) is 12.6. The fourth-order valence-electron chi connectivity index (χ4n) is 2.96. The second kappa shape index (κ2) is 10.0. The number of aryl methyl sites for hydroxylation is 1. The number of para-hydroxylation sites is 1. The number of aliphatic imine (C=N–C) groups is 1. The molecule has 0 N–H and O–H groups in total. The summed E-state index contributed by atoms with van der Waals surface area (Å²) < 4.78 is 15.9. The van der Waals surface area contributed by atoms with Crippen LogP contribution in [-0.2, 0) is 21.6 Å². The van der Waals surface area contributed by atoms with Crippen LogP contribution in [0.25, 0.3) is 0 Å². The summed E-state index contributed by atoms with van der Waals surface area (Å²) in [5.41, 5.74) is 3.49. The molecule has 29 heavy (non-hydrogen) atoms. The van der Waals surface area contributed by atoms with E-state index in [9.17, 15) is 4.79 Å². The van der Waals surface area contributed by atoms with Crippen LogP contribution >= 0.6 is 23.4 Å². The van der Waals surface area contributed by atoms with Crippen LogP contribution in [0.3, 0.4) is 0 Å². The van der Waals surface area contributed by atoms with Crippen molar-refractivity contribution in [2.24, 2.45) is 4.99 Å². The zero-order valence-electron chi connectivity index (χ0n) is 16.6. The third kappa shape index (κ3) is 5.04. The highest BCUT2D eigenvalue weighted by Crippen LogP contribution is 2.38. The molecule has 0 atom stereocenters. The molecule has 1 aliphatic heterocycles. The molecular weight excluding hydrogens is 412 g/mol. The van der Waals surface area contributed by atoms with Gasteiger partial charge in [0.05, 0.1) is 12.8 Å². The lowest BCUT2D eigenvalue weighted by Gasteiger charge is -2.23. The van der Waals surface area contributed by atoms with E-state index >= 15 is 0 Å². The van der Waals surface area contributed by atoms with Crippen molar-refractivity contribution in [3.05, 3.63) is 52.5 Å². The number of thioether (sulfide) groups is 1. The Balaban J connectivity index is 1.79. The summed E-state index contributed by atoms with van der Waals surface area (Å²) >= 11 is 7.88. The maximum absolute atomic E-state index is 12.1. The Morgan fingerprint density at radius 1 is 1.28 bits per heavy atom. The number of hydrogen-bond donors (Lipinski definition) is 0. The van der Waals surface area contributed by atoms with Gasteiger partial charge in [-0.15, -0.1) is 11.8 Å². The molecule has 0 unspecified atom stereocenters. The van der Waals surface area contributed by atoms with Crippen molar-refractivity contribution in [2.75, 3.05) is 32.5 Å². The summed E-state index contributed by atoms with van der Waals surface area (Å²) in [6.45, 7) is 2.56. The van der Waals surface area contributed by atoms with Gasteiger partial charge in [-0.3, -0.25) is 4.90 Å². The first kappa shape index (κ1) is 21.5. The van der Waals surface area contributed by atoms with Crippen molar-refractivity contribution in [3.8, 4) is 5.75 Å². The number of carbonyl (C=O) groups is 1. The van der Waals surface area contributed by atoms with Gasteiger partial charge in [-0.05, 0) is 35.7 Å². The first-order valence-electron chi connectivity index (χ1n) is 9.15. The van der Waals surface area contributed by atoms with E-state index in [1.165, 1.54) is 19.1 Å². The Morgan fingerprint density at radius 2 is 2.07 bits per heavy atom. The highest BCUT2D eigenvalue weighted by Gasteiger charge is 2.20. The predicted octanol–water partition coefficient (Wildman–Crippen LogP) is 5.43. The van der Waals surface area contributed by atoms with Crippen LogP contribution in [0.1, 0.15) is 18.1 Å². The van der Waals surface area contributed by atoms with Crippen molar-refractivity contribution in [1.29, 1.82) is 0 Å². The molecule has 1 amide bonds. The van der Waals surface area contributed by atoms with Crippen molar-refractivity contribution >= 4 is 45.9 Å². The van der Waals surface area contributed by atoms with Crippen LogP contribution in [0.5, 0.6) is 5.75 Å². The molecular formula is C21H23ClN2O4S. The summed E-state index contributed by atoms with van der Waals surface area (Å²) in [6.07, 6.45) is 0.369. The van der Waals surface area contributed by atoms with Gasteiger partial charge in [0.2, 0.25) is 0 Å². The van der Waals surface area contributed by atoms with Gasteiger partial charge in [-0.25, -0.2) is 9.79 Å². The fourth-order valence-corrected chi connectivity index (χ4v) is 4.12. The zero-order chi connectivity index (χ0) is 20.8. The summed E-state index contributed by atoms with van der Waals surface area (Å²) in [5, 5.41) is 1.55. The number of nitrogens with zero attached hydrogens (tertiary/aromatic N) is 2. The number of fused-ring (bicyclic) bond motifs is 1. The molecule has 0 saturated carbocycles. The van der Waals surface area contributed by atoms with E-state index in [4.69, 9.17) is 30.8 Å². The van der Waals surface area contributed by atoms with E-state index in [-0.39, 0.29) is 6.73 Å². The minimum absolute atomic E-state index is 0.101. The molecule has 0 saturated heterocycles. The molecule has 0 bridgehead atoms. The van der Waals surface area contributed by atoms with E-state index in [1.807, 2.05) is 36.4 Å². The van der Waals surface area contributed by atoms with Gasteiger partial charge in [-0.2, -0.15) is 0 Å². The highest BCUT2D eigenvalue weighted by atomic mass is 35.5. The first-order valence-corrected chi connectivity index (χ1v) is 10.5. The van der Waals surface area contributed by atoms with Crippen LogP contribution in [0, 0.1) is 0 Å². The zero-order valence-corrected chi connectivity index (χ0v) is 18.2. The Labute approximate surface area is 179 Å². The molecule has 2 aromatic carbocycles. The maximum atomic E-state index is 12.1. The quantitative estimate of drug-likeness (QED) is 0.567. The molecule has 1 heterocycles. The SMILES string of the molecule is CCc1cc2c(cc1Cl)N=C(SCc1ccccc1N(COC)C(=O)OC)CO2. The molecule has 154 valence electrons. The molecule has 0 spiro atoms. The Kier molecular flexibility index (Phi) is 7.41. The highest BCUT2D eigenvalue weighted by molar-refractivity contribution is 8.13. The van der Waals surface area contributed by atoms with Crippen molar-refractivity contribution in [2.45, 2.75) is 19.1 Å². The smallest absolute Gasteiger partial charge is 0.415 e. The number of benzene rings is 2. The van der Waals surface area contributed by atoms with E-state index in [0.29, 0.717) is 17.4 Å². The lowest BCUT2D eigenvalue weighted by molar-refractivity contribution is 0.153. The largest absolute Gasteiger partial charge is 0.484 e. The van der Waals surface area contributed by atoms with Gasteiger partial charge in [0.25, 0.3) is 0 Å². The maximum Gasteiger partial charge on any atom is 0.415 e. The first-order chi connectivity index (χ1) is 14.1. The Bertz CT molecular complexity index is 920. The topological polar surface area (TPSA) is 60.4 Å². The van der Waals surface area contributed by atoms with Gasteiger partial charge in [0, 0.05) is 17.9 Å². The lowest BCUT2D eigenvalue weighted by atomic mass is 10.1. The monoisotopic (exact) mass is 434 g/mol. The molecule has 0 fully saturated rings.